The minimum Gasteiger partial charge on any atom is -0.328 e. The zero-order chi connectivity index (χ0) is 11.7. The second-order valence-electron chi connectivity index (χ2n) is 5.62. The molecule has 2 nitrogen and oxygen atoms in total. The highest BCUT2D eigenvalue weighted by atomic mass is 14.9. The maximum Gasteiger partial charge on any atom is 0.00504 e. The van der Waals surface area contributed by atoms with Gasteiger partial charge in [0.2, 0.25) is 0 Å². The van der Waals surface area contributed by atoms with Crippen molar-refractivity contribution in [3.63, 3.8) is 0 Å². The van der Waals surface area contributed by atoms with Crippen LogP contribution in [0.15, 0.2) is 24.3 Å². The number of hydrogen-bond acceptors (Lipinski definition) is 2. The van der Waals surface area contributed by atoms with Crippen LogP contribution in [0.1, 0.15) is 48.6 Å². The maximum absolute atomic E-state index is 5.85. The minimum absolute atomic E-state index is 0.448. The third-order valence-electron chi connectivity index (χ3n) is 4.39. The van der Waals surface area contributed by atoms with E-state index in [0.717, 1.165) is 11.8 Å². The van der Waals surface area contributed by atoms with Crippen molar-refractivity contribution in [1.29, 1.82) is 0 Å². The first-order valence-corrected chi connectivity index (χ1v) is 6.89. The van der Waals surface area contributed by atoms with Gasteiger partial charge in [-0.3, -0.25) is 0 Å². The molecule has 1 aliphatic carbocycles. The number of benzene rings is 1. The third-order valence-corrected chi connectivity index (χ3v) is 4.39. The fraction of sp³-hybridized carbons (Fsp3) is 0.600. The van der Waals surface area contributed by atoms with Gasteiger partial charge in [-0.1, -0.05) is 24.3 Å². The molecule has 92 valence electrons. The Labute approximate surface area is 104 Å². The lowest BCUT2D eigenvalue weighted by Gasteiger charge is -2.33. The van der Waals surface area contributed by atoms with Crippen LogP contribution in [0.25, 0.3) is 0 Å². The van der Waals surface area contributed by atoms with Crippen molar-refractivity contribution in [3.8, 4) is 0 Å². The van der Waals surface area contributed by atoms with Crippen LogP contribution in [0, 0.1) is 0 Å². The molecule has 1 saturated heterocycles. The lowest BCUT2D eigenvalue weighted by atomic mass is 9.76. The van der Waals surface area contributed by atoms with Crippen molar-refractivity contribution < 1.29 is 0 Å². The van der Waals surface area contributed by atoms with Gasteiger partial charge in [-0.2, -0.15) is 0 Å². The van der Waals surface area contributed by atoms with Crippen molar-refractivity contribution >= 4 is 0 Å². The van der Waals surface area contributed by atoms with Crippen LogP contribution in [0.5, 0.6) is 0 Å². The zero-order valence-corrected chi connectivity index (χ0v) is 10.4. The third kappa shape index (κ3) is 2.38. The van der Waals surface area contributed by atoms with E-state index in [9.17, 15) is 0 Å². The highest BCUT2D eigenvalue weighted by molar-refractivity contribution is 5.29. The van der Waals surface area contributed by atoms with E-state index in [0.29, 0.717) is 6.04 Å². The number of rotatable bonds is 2. The van der Waals surface area contributed by atoms with Crippen LogP contribution < -0.4 is 11.1 Å². The lowest BCUT2D eigenvalue weighted by molar-refractivity contribution is 0.351. The topological polar surface area (TPSA) is 38.0 Å². The summed E-state index contributed by atoms with van der Waals surface area (Å²) >= 11 is 0. The van der Waals surface area contributed by atoms with E-state index in [1.165, 1.54) is 49.9 Å². The Bertz CT molecular complexity index is 359. The van der Waals surface area contributed by atoms with Crippen LogP contribution in [-0.4, -0.2) is 19.1 Å². The molecule has 1 saturated carbocycles. The molecule has 1 heterocycles. The van der Waals surface area contributed by atoms with E-state index in [-0.39, 0.29) is 0 Å². The predicted octanol–water partition coefficient (Wildman–Crippen LogP) is 2.36. The van der Waals surface area contributed by atoms with Gasteiger partial charge < -0.3 is 11.1 Å². The summed E-state index contributed by atoms with van der Waals surface area (Å²) in [6.07, 6.45) is 4.92. The van der Waals surface area contributed by atoms with E-state index in [4.69, 9.17) is 5.73 Å². The lowest BCUT2D eigenvalue weighted by Crippen LogP contribution is -2.34. The summed E-state index contributed by atoms with van der Waals surface area (Å²) in [6.45, 7) is 2.34. The predicted molar refractivity (Wildman–Crippen MR) is 71.2 cm³/mol. The standard InChI is InChI=1S/C15H22N2/c16-15-9-14(10-15)12-3-1-11(2-4-12)13-5-7-17-8-6-13/h1-4,13-15,17H,5-10,16H2. The molecule has 2 heteroatoms. The fourth-order valence-corrected chi connectivity index (χ4v) is 3.13. The Hall–Kier alpha value is -0.860. The highest BCUT2D eigenvalue weighted by Crippen LogP contribution is 2.36. The molecule has 0 spiro atoms. The molecule has 0 amide bonds. The Kier molecular flexibility index (Phi) is 3.17. The van der Waals surface area contributed by atoms with Gasteiger partial charge >= 0.3 is 0 Å². The minimum atomic E-state index is 0.448. The van der Waals surface area contributed by atoms with E-state index in [2.05, 4.69) is 29.6 Å². The quantitative estimate of drug-likeness (QED) is 0.818. The van der Waals surface area contributed by atoms with Crippen molar-refractivity contribution in [3.05, 3.63) is 35.4 Å². The van der Waals surface area contributed by atoms with Gasteiger partial charge in [0.05, 0.1) is 0 Å². The molecule has 1 aromatic carbocycles. The first-order chi connectivity index (χ1) is 8.33. The second kappa shape index (κ2) is 4.79. The van der Waals surface area contributed by atoms with E-state index in [1.807, 2.05) is 0 Å². The Morgan fingerprint density at radius 2 is 1.41 bits per heavy atom. The summed E-state index contributed by atoms with van der Waals surface area (Å²) in [5.41, 5.74) is 8.86. The van der Waals surface area contributed by atoms with Gasteiger partial charge in [0.1, 0.15) is 0 Å². The van der Waals surface area contributed by atoms with Crippen LogP contribution in [-0.2, 0) is 0 Å². The molecular formula is C15H22N2. The molecule has 0 radical (unpaired) electrons. The van der Waals surface area contributed by atoms with Crippen LogP contribution in [0.3, 0.4) is 0 Å². The Morgan fingerprint density at radius 3 is 1.94 bits per heavy atom. The molecule has 3 rings (SSSR count). The van der Waals surface area contributed by atoms with Crippen molar-refractivity contribution in [2.24, 2.45) is 5.73 Å². The maximum atomic E-state index is 5.85. The van der Waals surface area contributed by atoms with Gasteiger partial charge in [0, 0.05) is 6.04 Å². The summed E-state index contributed by atoms with van der Waals surface area (Å²) in [5, 5.41) is 3.42. The first-order valence-electron chi connectivity index (χ1n) is 6.89. The van der Waals surface area contributed by atoms with Crippen LogP contribution >= 0.6 is 0 Å². The summed E-state index contributed by atoms with van der Waals surface area (Å²) < 4.78 is 0. The van der Waals surface area contributed by atoms with E-state index in [1.54, 1.807) is 0 Å². The first kappa shape index (κ1) is 11.2. The van der Waals surface area contributed by atoms with E-state index >= 15 is 0 Å². The van der Waals surface area contributed by atoms with Gasteiger partial charge in [-0.15, -0.1) is 0 Å². The molecule has 0 unspecified atom stereocenters. The monoisotopic (exact) mass is 230 g/mol. The summed E-state index contributed by atoms with van der Waals surface area (Å²) in [5.74, 6) is 1.50. The molecule has 0 aromatic heterocycles. The second-order valence-corrected chi connectivity index (χ2v) is 5.62. The Balaban J connectivity index is 1.67. The van der Waals surface area contributed by atoms with Gasteiger partial charge in [-0.05, 0) is 61.7 Å². The average molecular weight is 230 g/mol. The number of hydrogen-bond donors (Lipinski definition) is 2. The fourth-order valence-electron chi connectivity index (χ4n) is 3.13. The summed E-state index contributed by atoms with van der Waals surface area (Å²) in [4.78, 5) is 0. The molecule has 2 aliphatic rings. The molecule has 2 fully saturated rings. The van der Waals surface area contributed by atoms with Crippen molar-refractivity contribution in [1.82, 2.24) is 5.32 Å². The largest absolute Gasteiger partial charge is 0.328 e. The normalized spacial score (nSPS) is 29.9. The molecule has 1 aliphatic heterocycles. The summed E-state index contributed by atoms with van der Waals surface area (Å²) in [6, 6.07) is 9.79. The Morgan fingerprint density at radius 1 is 0.882 bits per heavy atom. The highest BCUT2D eigenvalue weighted by Gasteiger charge is 2.27. The van der Waals surface area contributed by atoms with Gasteiger partial charge in [0.15, 0.2) is 0 Å². The molecule has 1 aromatic rings. The van der Waals surface area contributed by atoms with Crippen LogP contribution in [0.4, 0.5) is 0 Å². The molecule has 17 heavy (non-hydrogen) atoms. The number of piperidine rings is 1. The van der Waals surface area contributed by atoms with Gasteiger partial charge in [-0.25, -0.2) is 0 Å². The van der Waals surface area contributed by atoms with Gasteiger partial charge in [0.25, 0.3) is 0 Å². The molecule has 3 N–H and O–H groups in total. The smallest absolute Gasteiger partial charge is 0.00504 e. The molecule has 0 atom stereocenters. The van der Waals surface area contributed by atoms with E-state index < -0.39 is 0 Å². The van der Waals surface area contributed by atoms with Crippen molar-refractivity contribution in [2.75, 3.05) is 13.1 Å². The van der Waals surface area contributed by atoms with Crippen LogP contribution in [0.2, 0.25) is 0 Å². The number of nitrogens with two attached hydrogens (primary N) is 1. The number of nitrogens with one attached hydrogen (secondary N) is 1. The SMILES string of the molecule is NC1CC(c2ccc(C3CCNCC3)cc2)C1. The summed E-state index contributed by atoms with van der Waals surface area (Å²) in [7, 11) is 0. The van der Waals surface area contributed by atoms with Crippen molar-refractivity contribution in [2.45, 2.75) is 43.6 Å². The average Bonchev–Trinajstić information content (AvgIpc) is 2.36. The molecule has 0 bridgehead atoms. The molecular weight excluding hydrogens is 208 g/mol. The zero-order valence-electron chi connectivity index (χ0n) is 10.4.